The summed E-state index contributed by atoms with van der Waals surface area (Å²) in [5, 5.41) is 9.48. The predicted octanol–water partition coefficient (Wildman–Crippen LogP) is 1.37. The van der Waals surface area contributed by atoms with E-state index in [0.29, 0.717) is 6.04 Å². The second-order valence-corrected chi connectivity index (χ2v) is 5.16. The number of hydrogen-bond donors (Lipinski definition) is 2. The summed E-state index contributed by atoms with van der Waals surface area (Å²) in [5.74, 6) is 0.420. The zero-order chi connectivity index (χ0) is 13.8. The van der Waals surface area contributed by atoms with Gasteiger partial charge in [0.15, 0.2) is 0 Å². The van der Waals surface area contributed by atoms with Gasteiger partial charge >= 0.3 is 0 Å². The molecule has 104 valence electrons. The number of carbonyl (C=O) groups is 1. The molecule has 0 saturated heterocycles. The third-order valence-electron chi connectivity index (χ3n) is 3.64. The maximum absolute atomic E-state index is 11.2. The molecule has 3 N–H and O–H groups in total. The Hall–Kier alpha value is -1.62. The Labute approximate surface area is 113 Å². The summed E-state index contributed by atoms with van der Waals surface area (Å²) in [6.45, 7) is 1.90. The van der Waals surface area contributed by atoms with Crippen molar-refractivity contribution >= 4 is 11.7 Å². The standard InChI is InChI=1S/C14H21N3O2/c1-10(18)11-6-7-14(16-8-11)17(9-13(15)19)12-4-2-3-5-12/h6-8,10,12,18H,2-5,9H2,1H3,(H2,15,19)/t10-/m0/s1. The molecule has 0 radical (unpaired) electrons. The highest BCUT2D eigenvalue weighted by Gasteiger charge is 2.24. The molecule has 1 amide bonds. The number of rotatable bonds is 5. The van der Waals surface area contributed by atoms with Crippen LogP contribution in [0.25, 0.3) is 0 Å². The number of nitrogens with zero attached hydrogens (tertiary/aromatic N) is 2. The van der Waals surface area contributed by atoms with Crippen molar-refractivity contribution in [3.05, 3.63) is 23.9 Å². The van der Waals surface area contributed by atoms with E-state index in [0.717, 1.165) is 24.2 Å². The van der Waals surface area contributed by atoms with E-state index in [1.807, 2.05) is 17.0 Å². The average molecular weight is 263 g/mol. The normalized spacial score (nSPS) is 17.4. The van der Waals surface area contributed by atoms with Gasteiger partial charge < -0.3 is 15.7 Å². The van der Waals surface area contributed by atoms with Crippen LogP contribution >= 0.6 is 0 Å². The zero-order valence-corrected chi connectivity index (χ0v) is 11.2. The molecule has 1 aromatic rings. The third-order valence-corrected chi connectivity index (χ3v) is 3.64. The van der Waals surface area contributed by atoms with Gasteiger partial charge in [0.1, 0.15) is 5.82 Å². The van der Waals surface area contributed by atoms with Crippen LogP contribution in [-0.4, -0.2) is 28.6 Å². The Morgan fingerprint density at radius 1 is 1.53 bits per heavy atom. The van der Waals surface area contributed by atoms with Crippen LogP contribution in [0, 0.1) is 0 Å². The van der Waals surface area contributed by atoms with Gasteiger partial charge in [0.05, 0.1) is 12.6 Å². The van der Waals surface area contributed by atoms with E-state index in [1.54, 1.807) is 13.1 Å². The Morgan fingerprint density at radius 2 is 2.21 bits per heavy atom. The van der Waals surface area contributed by atoms with Crippen molar-refractivity contribution in [3.8, 4) is 0 Å². The number of anilines is 1. The van der Waals surface area contributed by atoms with Gasteiger partial charge in [-0.1, -0.05) is 18.9 Å². The SMILES string of the molecule is C[C@H](O)c1ccc(N(CC(N)=O)C2CCCC2)nc1. The van der Waals surface area contributed by atoms with Gasteiger partial charge in [0.2, 0.25) is 5.91 Å². The lowest BCUT2D eigenvalue weighted by Gasteiger charge is -2.29. The topological polar surface area (TPSA) is 79.5 Å². The molecule has 19 heavy (non-hydrogen) atoms. The van der Waals surface area contributed by atoms with Crippen molar-refractivity contribution in [3.63, 3.8) is 0 Å². The molecule has 1 aromatic heterocycles. The lowest BCUT2D eigenvalue weighted by molar-refractivity contribution is -0.116. The molecule has 1 atom stereocenters. The quantitative estimate of drug-likeness (QED) is 0.841. The van der Waals surface area contributed by atoms with Gasteiger partial charge in [0, 0.05) is 12.2 Å². The summed E-state index contributed by atoms with van der Waals surface area (Å²) in [6.07, 6.45) is 5.65. The van der Waals surface area contributed by atoms with E-state index in [-0.39, 0.29) is 12.5 Å². The molecule has 1 saturated carbocycles. The van der Waals surface area contributed by atoms with Crippen molar-refractivity contribution in [1.82, 2.24) is 4.98 Å². The lowest BCUT2D eigenvalue weighted by atomic mass is 10.1. The highest BCUT2D eigenvalue weighted by molar-refractivity contribution is 5.79. The van der Waals surface area contributed by atoms with E-state index < -0.39 is 6.10 Å². The Bertz CT molecular complexity index is 425. The minimum Gasteiger partial charge on any atom is -0.389 e. The van der Waals surface area contributed by atoms with Gasteiger partial charge in [-0.15, -0.1) is 0 Å². The minimum absolute atomic E-state index is 0.200. The first kappa shape index (κ1) is 13.8. The Balaban J connectivity index is 2.19. The van der Waals surface area contributed by atoms with Crippen LogP contribution in [0.4, 0.5) is 5.82 Å². The molecule has 1 aliphatic carbocycles. The van der Waals surface area contributed by atoms with E-state index in [1.165, 1.54) is 12.8 Å². The van der Waals surface area contributed by atoms with Crippen molar-refractivity contribution in [2.75, 3.05) is 11.4 Å². The first-order valence-electron chi connectivity index (χ1n) is 6.77. The number of hydrogen-bond acceptors (Lipinski definition) is 4. The number of aromatic nitrogens is 1. The Kier molecular flexibility index (Phi) is 4.37. The number of amides is 1. The molecule has 2 rings (SSSR count). The lowest BCUT2D eigenvalue weighted by Crippen LogP contribution is -2.40. The molecule has 0 aliphatic heterocycles. The molecular weight excluding hydrogens is 242 g/mol. The fourth-order valence-corrected chi connectivity index (χ4v) is 2.60. The highest BCUT2D eigenvalue weighted by atomic mass is 16.3. The van der Waals surface area contributed by atoms with E-state index in [9.17, 15) is 9.90 Å². The fraction of sp³-hybridized carbons (Fsp3) is 0.571. The minimum atomic E-state index is -0.530. The summed E-state index contributed by atoms with van der Waals surface area (Å²) < 4.78 is 0. The molecule has 0 bridgehead atoms. The average Bonchev–Trinajstić information content (AvgIpc) is 2.89. The molecule has 5 nitrogen and oxygen atoms in total. The van der Waals surface area contributed by atoms with Crippen LogP contribution in [0.3, 0.4) is 0 Å². The van der Waals surface area contributed by atoms with Gasteiger partial charge in [-0.2, -0.15) is 0 Å². The maximum atomic E-state index is 11.2. The molecule has 5 heteroatoms. The van der Waals surface area contributed by atoms with Gasteiger partial charge in [-0.3, -0.25) is 4.79 Å². The van der Waals surface area contributed by atoms with Gasteiger partial charge in [0.25, 0.3) is 0 Å². The summed E-state index contributed by atoms with van der Waals surface area (Å²) in [6, 6.07) is 4.04. The summed E-state index contributed by atoms with van der Waals surface area (Å²) >= 11 is 0. The number of pyridine rings is 1. The maximum Gasteiger partial charge on any atom is 0.237 e. The summed E-state index contributed by atoms with van der Waals surface area (Å²) in [4.78, 5) is 17.6. The first-order valence-corrected chi connectivity index (χ1v) is 6.77. The fourth-order valence-electron chi connectivity index (χ4n) is 2.60. The highest BCUT2D eigenvalue weighted by Crippen LogP contribution is 2.27. The Morgan fingerprint density at radius 3 is 2.68 bits per heavy atom. The number of primary amides is 1. The van der Waals surface area contributed by atoms with Crippen LogP contribution in [-0.2, 0) is 4.79 Å². The molecule has 0 unspecified atom stereocenters. The largest absolute Gasteiger partial charge is 0.389 e. The monoisotopic (exact) mass is 263 g/mol. The van der Waals surface area contributed by atoms with Crippen LogP contribution < -0.4 is 10.6 Å². The molecule has 1 aliphatic rings. The zero-order valence-electron chi connectivity index (χ0n) is 11.2. The number of aliphatic hydroxyl groups excluding tert-OH is 1. The molecular formula is C14H21N3O2. The van der Waals surface area contributed by atoms with Crippen LogP contribution in [0.15, 0.2) is 18.3 Å². The molecule has 1 heterocycles. The van der Waals surface area contributed by atoms with E-state index in [4.69, 9.17) is 5.73 Å². The van der Waals surface area contributed by atoms with Crippen molar-refractivity contribution < 1.29 is 9.90 Å². The van der Waals surface area contributed by atoms with Gasteiger partial charge in [-0.25, -0.2) is 4.98 Å². The van der Waals surface area contributed by atoms with Crippen LogP contribution in [0.5, 0.6) is 0 Å². The number of carbonyl (C=O) groups excluding carboxylic acids is 1. The number of nitrogens with two attached hydrogens (primary N) is 1. The molecule has 1 fully saturated rings. The van der Waals surface area contributed by atoms with Crippen LogP contribution in [0.1, 0.15) is 44.3 Å². The van der Waals surface area contributed by atoms with Crippen molar-refractivity contribution in [2.45, 2.75) is 44.8 Å². The summed E-state index contributed by atoms with van der Waals surface area (Å²) in [7, 11) is 0. The van der Waals surface area contributed by atoms with Crippen molar-refractivity contribution in [2.24, 2.45) is 5.73 Å². The molecule has 0 aromatic carbocycles. The van der Waals surface area contributed by atoms with Crippen LogP contribution in [0.2, 0.25) is 0 Å². The van der Waals surface area contributed by atoms with E-state index in [2.05, 4.69) is 4.98 Å². The third kappa shape index (κ3) is 3.44. The second-order valence-electron chi connectivity index (χ2n) is 5.16. The number of aliphatic hydroxyl groups is 1. The first-order chi connectivity index (χ1) is 9.08. The smallest absolute Gasteiger partial charge is 0.237 e. The second kappa shape index (κ2) is 6.02. The summed E-state index contributed by atoms with van der Waals surface area (Å²) in [5.41, 5.74) is 6.10. The predicted molar refractivity (Wildman–Crippen MR) is 73.7 cm³/mol. The van der Waals surface area contributed by atoms with Crippen molar-refractivity contribution in [1.29, 1.82) is 0 Å². The van der Waals surface area contributed by atoms with Gasteiger partial charge in [-0.05, 0) is 31.4 Å². The molecule has 0 spiro atoms. The van der Waals surface area contributed by atoms with E-state index >= 15 is 0 Å².